The molecule has 0 aromatic heterocycles. The van der Waals surface area contributed by atoms with E-state index < -0.39 is 27.7 Å². The van der Waals surface area contributed by atoms with Gasteiger partial charge in [0.15, 0.2) is 6.10 Å². The van der Waals surface area contributed by atoms with E-state index in [2.05, 4.69) is 8.92 Å². The van der Waals surface area contributed by atoms with Gasteiger partial charge in [-0.1, -0.05) is 12.1 Å². The van der Waals surface area contributed by atoms with Crippen LogP contribution in [0.15, 0.2) is 24.3 Å². The van der Waals surface area contributed by atoms with Gasteiger partial charge >= 0.3 is 21.6 Å². The second-order valence-electron chi connectivity index (χ2n) is 4.75. The molecule has 6 nitrogen and oxygen atoms in total. The Morgan fingerprint density at radius 3 is 2.21 bits per heavy atom. The summed E-state index contributed by atoms with van der Waals surface area (Å²) >= 11 is 0. The summed E-state index contributed by atoms with van der Waals surface area (Å²) in [6, 6.07) is 6.91. The predicted molar refractivity (Wildman–Crippen MR) is 77.8 cm³/mol. The molecule has 0 amide bonds. The molecular weight excluding hydrogens is 353 g/mol. The fourth-order valence-electron chi connectivity index (χ4n) is 1.83. The monoisotopic (exact) mass is 370 g/mol. The van der Waals surface area contributed by atoms with Crippen molar-refractivity contribution in [2.75, 3.05) is 14.2 Å². The van der Waals surface area contributed by atoms with Gasteiger partial charge in [-0.15, -0.1) is 0 Å². The van der Waals surface area contributed by atoms with Gasteiger partial charge in [-0.3, -0.25) is 0 Å². The maximum absolute atomic E-state index is 12.3. The highest BCUT2D eigenvalue weighted by atomic mass is 32.2. The number of esters is 1. The number of carbonyl (C=O) groups excluding carboxylic acids is 1. The Kier molecular flexibility index (Phi) is 7.03. The fraction of sp³-hybridized carbons (Fsp3) is 0.500. The van der Waals surface area contributed by atoms with E-state index in [-0.39, 0.29) is 12.8 Å². The average molecular weight is 370 g/mol. The lowest BCUT2D eigenvalue weighted by Gasteiger charge is -2.16. The summed E-state index contributed by atoms with van der Waals surface area (Å²) in [6.45, 7) is 0. The Morgan fingerprint density at radius 2 is 1.75 bits per heavy atom. The fourth-order valence-corrected chi connectivity index (χ4v) is 2.42. The lowest BCUT2D eigenvalue weighted by atomic mass is 10.1. The van der Waals surface area contributed by atoms with Gasteiger partial charge in [0.25, 0.3) is 0 Å². The normalized spacial score (nSPS) is 13.4. The number of methoxy groups -OCH3 is 2. The number of halogens is 3. The third-order valence-electron chi connectivity index (χ3n) is 3.08. The average Bonchev–Trinajstić information content (AvgIpc) is 2.52. The van der Waals surface area contributed by atoms with Crippen molar-refractivity contribution in [1.82, 2.24) is 0 Å². The molecule has 10 heteroatoms. The van der Waals surface area contributed by atoms with Gasteiger partial charge in [0.05, 0.1) is 14.2 Å². The summed E-state index contributed by atoms with van der Waals surface area (Å²) in [7, 11) is -3.43. The number of hydrogen-bond donors (Lipinski definition) is 0. The Morgan fingerprint density at radius 1 is 1.17 bits per heavy atom. The van der Waals surface area contributed by atoms with E-state index in [0.29, 0.717) is 12.2 Å². The van der Waals surface area contributed by atoms with Crippen molar-refractivity contribution in [2.45, 2.75) is 30.9 Å². The van der Waals surface area contributed by atoms with E-state index in [1.807, 2.05) is 0 Å². The molecule has 0 aliphatic carbocycles. The number of carbonyl (C=O) groups is 1. The van der Waals surface area contributed by atoms with Gasteiger partial charge in [-0.25, -0.2) is 8.98 Å². The molecule has 0 fully saturated rings. The van der Waals surface area contributed by atoms with Gasteiger partial charge < -0.3 is 9.47 Å². The highest BCUT2D eigenvalue weighted by Gasteiger charge is 2.49. The van der Waals surface area contributed by atoms with Crippen molar-refractivity contribution < 1.29 is 40.0 Å². The minimum absolute atomic E-state index is 0.222. The van der Waals surface area contributed by atoms with E-state index in [9.17, 15) is 26.4 Å². The van der Waals surface area contributed by atoms with E-state index >= 15 is 0 Å². The van der Waals surface area contributed by atoms with Crippen molar-refractivity contribution in [3.05, 3.63) is 29.8 Å². The molecule has 1 atom stereocenters. The van der Waals surface area contributed by atoms with E-state index in [1.165, 1.54) is 7.11 Å². The van der Waals surface area contributed by atoms with E-state index in [0.717, 1.165) is 12.7 Å². The standard InChI is InChI=1S/C14H17F3O6S/c1-21-11-8-6-10(7-9-11)4-3-5-12(13(18)22-2)23-24(19,20)14(15,16)17/h6-9,12H,3-5H2,1-2H3/t12-/m0/s1. The van der Waals surface area contributed by atoms with Crippen LogP contribution in [0.1, 0.15) is 18.4 Å². The van der Waals surface area contributed by atoms with Crippen LogP contribution in [0.25, 0.3) is 0 Å². The number of rotatable bonds is 8. The Bertz CT molecular complexity index is 639. The third-order valence-corrected chi connectivity index (χ3v) is 4.13. The highest BCUT2D eigenvalue weighted by Crippen LogP contribution is 2.27. The van der Waals surface area contributed by atoms with Crippen molar-refractivity contribution in [3.8, 4) is 5.75 Å². The minimum atomic E-state index is -5.87. The molecule has 0 bridgehead atoms. The van der Waals surface area contributed by atoms with Gasteiger partial charge in [0.1, 0.15) is 5.75 Å². The first-order chi connectivity index (χ1) is 11.1. The Hall–Kier alpha value is -1.81. The molecule has 1 rings (SSSR count). The van der Waals surface area contributed by atoms with Crippen LogP contribution >= 0.6 is 0 Å². The Balaban J connectivity index is 2.68. The summed E-state index contributed by atoms with van der Waals surface area (Å²) in [5, 5.41) is 0. The van der Waals surface area contributed by atoms with Crippen LogP contribution in [0.5, 0.6) is 5.75 Å². The van der Waals surface area contributed by atoms with Gasteiger partial charge in [-0.2, -0.15) is 21.6 Å². The largest absolute Gasteiger partial charge is 0.523 e. The molecule has 0 spiro atoms. The smallest absolute Gasteiger partial charge is 0.497 e. The molecular formula is C14H17F3O6S. The summed E-state index contributed by atoms with van der Waals surface area (Å²) in [4.78, 5) is 11.4. The van der Waals surface area contributed by atoms with Crippen LogP contribution in [0.2, 0.25) is 0 Å². The molecule has 1 aromatic rings. The maximum atomic E-state index is 12.3. The number of benzene rings is 1. The van der Waals surface area contributed by atoms with Crippen molar-refractivity contribution in [3.63, 3.8) is 0 Å². The molecule has 1 aromatic carbocycles. The second kappa shape index (κ2) is 8.34. The molecule has 0 aliphatic heterocycles. The third kappa shape index (κ3) is 5.68. The highest BCUT2D eigenvalue weighted by molar-refractivity contribution is 7.87. The van der Waals surface area contributed by atoms with E-state index in [1.54, 1.807) is 24.3 Å². The molecule has 24 heavy (non-hydrogen) atoms. The van der Waals surface area contributed by atoms with Crippen molar-refractivity contribution in [1.29, 1.82) is 0 Å². The van der Waals surface area contributed by atoms with E-state index in [4.69, 9.17) is 4.74 Å². The topological polar surface area (TPSA) is 78.9 Å². The molecule has 0 heterocycles. The van der Waals surface area contributed by atoms with Crippen LogP contribution in [-0.2, 0) is 30.3 Å². The number of hydrogen-bond acceptors (Lipinski definition) is 6. The van der Waals surface area contributed by atoms with Gasteiger partial charge in [0, 0.05) is 0 Å². The van der Waals surface area contributed by atoms with Gasteiger partial charge in [-0.05, 0) is 37.0 Å². The number of ether oxygens (including phenoxy) is 2. The second-order valence-corrected chi connectivity index (χ2v) is 6.31. The Labute approximate surface area is 137 Å². The van der Waals surface area contributed by atoms with Crippen LogP contribution in [0.4, 0.5) is 13.2 Å². The molecule has 0 radical (unpaired) electrons. The zero-order chi connectivity index (χ0) is 18.4. The number of alkyl halides is 3. The first kappa shape index (κ1) is 20.2. The first-order valence-electron chi connectivity index (χ1n) is 6.81. The number of aryl methyl sites for hydroxylation is 1. The maximum Gasteiger partial charge on any atom is 0.523 e. The van der Waals surface area contributed by atoms with Crippen LogP contribution in [-0.4, -0.2) is 40.2 Å². The minimum Gasteiger partial charge on any atom is -0.497 e. The lowest BCUT2D eigenvalue weighted by molar-refractivity contribution is -0.149. The summed E-state index contributed by atoms with van der Waals surface area (Å²) in [6.07, 6.45) is -1.46. The van der Waals surface area contributed by atoms with Crippen LogP contribution in [0, 0.1) is 0 Å². The predicted octanol–water partition coefficient (Wildman–Crippen LogP) is 2.43. The molecule has 0 saturated heterocycles. The zero-order valence-electron chi connectivity index (χ0n) is 13.0. The van der Waals surface area contributed by atoms with Crippen molar-refractivity contribution >= 4 is 16.1 Å². The molecule has 0 saturated carbocycles. The molecule has 136 valence electrons. The zero-order valence-corrected chi connectivity index (χ0v) is 13.8. The quantitative estimate of drug-likeness (QED) is 0.397. The first-order valence-corrected chi connectivity index (χ1v) is 8.22. The SMILES string of the molecule is COC(=O)[C@H](CCCc1ccc(OC)cc1)OS(=O)(=O)C(F)(F)F. The lowest BCUT2D eigenvalue weighted by Crippen LogP contribution is -2.34. The molecule has 0 aliphatic rings. The molecule has 0 N–H and O–H groups in total. The summed E-state index contributed by atoms with van der Waals surface area (Å²) in [5.74, 6) is -0.539. The van der Waals surface area contributed by atoms with Crippen molar-refractivity contribution in [2.24, 2.45) is 0 Å². The van der Waals surface area contributed by atoms with Crippen LogP contribution in [0.3, 0.4) is 0 Å². The summed E-state index contributed by atoms with van der Waals surface area (Å²) in [5.41, 5.74) is -4.76. The van der Waals surface area contributed by atoms with Gasteiger partial charge in [0.2, 0.25) is 0 Å². The molecule has 0 unspecified atom stereocenters. The summed E-state index contributed by atoms with van der Waals surface area (Å²) < 4.78 is 72.3. The van der Waals surface area contributed by atoms with Crippen LogP contribution < -0.4 is 4.74 Å².